The van der Waals surface area contributed by atoms with Gasteiger partial charge in [-0.2, -0.15) is 0 Å². The van der Waals surface area contributed by atoms with Gasteiger partial charge in [-0.1, -0.05) is 11.6 Å². The van der Waals surface area contributed by atoms with Crippen LogP contribution in [0.2, 0.25) is 0 Å². The van der Waals surface area contributed by atoms with Crippen LogP contribution in [0.1, 0.15) is 40.0 Å². The topological polar surface area (TPSA) is 41.6 Å². The van der Waals surface area contributed by atoms with Gasteiger partial charge in [0.1, 0.15) is 0 Å². The third-order valence-electron chi connectivity index (χ3n) is 3.41. The van der Waals surface area contributed by atoms with E-state index in [1.807, 2.05) is 6.92 Å². The first kappa shape index (κ1) is 16.2. The fourth-order valence-electron chi connectivity index (χ4n) is 2.24. The smallest absolute Gasteiger partial charge is 0.307 e. The minimum atomic E-state index is -0.101. The van der Waals surface area contributed by atoms with Gasteiger partial charge in [0.15, 0.2) is 0 Å². The summed E-state index contributed by atoms with van der Waals surface area (Å²) in [6, 6.07) is 0.553. The third-order valence-corrected chi connectivity index (χ3v) is 3.41. The Bertz CT molecular complexity index is 291. The Morgan fingerprint density at radius 2 is 2.05 bits per heavy atom. The first-order valence-electron chi connectivity index (χ1n) is 7.36. The van der Waals surface area contributed by atoms with E-state index in [1.165, 1.54) is 18.4 Å². The van der Waals surface area contributed by atoms with E-state index >= 15 is 0 Å². The van der Waals surface area contributed by atoms with Gasteiger partial charge in [-0.05, 0) is 46.7 Å². The summed E-state index contributed by atoms with van der Waals surface area (Å²) in [4.78, 5) is 13.7. The minimum Gasteiger partial charge on any atom is -0.466 e. The summed E-state index contributed by atoms with van der Waals surface area (Å²) >= 11 is 0. The van der Waals surface area contributed by atoms with E-state index in [2.05, 4.69) is 30.1 Å². The van der Waals surface area contributed by atoms with Gasteiger partial charge >= 0.3 is 5.97 Å². The molecule has 1 saturated heterocycles. The van der Waals surface area contributed by atoms with Crippen LogP contribution in [-0.4, -0.2) is 49.7 Å². The summed E-state index contributed by atoms with van der Waals surface area (Å²) in [6.07, 6.45) is 5.10. The Kier molecular flexibility index (Phi) is 7.75. The number of piperidine rings is 1. The van der Waals surface area contributed by atoms with Crippen LogP contribution in [-0.2, 0) is 9.53 Å². The zero-order valence-electron chi connectivity index (χ0n) is 12.6. The van der Waals surface area contributed by atoms with Gasteiger partial charge in [0, 0.05) is 19.1 Å². The number of nitrogens with zero attached hydrogens (tertiary/aromatic N) is 1. The number of hydrogen-bond donors (Lipinski definition) is 1. The van der Waals surface area contributed by atoms with Crippen molar-refractivity contribution >= 4 is 5.97 Å². The van der Waals surface area contributed by atoms with Crippen LogP contribution >= 0.6 is 0 Å². The van der Waals surface area contributed by atoms with Gasteiger partial charge in [-0.15, -0.1) is 0 Å². The van der Waals surface area contributed by atoms with Crippen molar-refractivity contribution in [2.24, 2.45) is 0 Å². The largest absolute Gasteiger partial charge is 0.466 e. The molecule has 4 nitrogen and oxygen atoms in total. The molecule has 0 atom stereocenters. The van der Waals surface area contributed by atoms with E-state index in [0.29, 0.717) is 19.1 Å². The molecule has 0 aliphatic carbocycles. The Morgan fingerprint density at radius 1 is 1.37 bits per heavy atom. The molecule has 19 heavy (non-hydrogen) atoms. The molecule has 1 heterocycles. The Labute approximate surface area is 117 Å². The normalized spacial score (nSPS) is 17.2. The fraction of sp³-hybridized carbons (Fsp3) is 0.800. The lowest BCUT2D eigenvalue weighted by Gasteiger charge is -2.31. The molecule has 4 heteroatoms. The molecule has 1 aliphatic heterocycles. The third kappa shape index (κ3) is 7.33. The Balaban J connectivity index is 2.10. The summed E-state index contributed by atoms with van der Waals surface area (Å²) in [6.45, 7) is 10.7. The van der Waals surface area contributed by atoms with Crippen LogP contribution in [0.5, 0.6) is 0 Å². The second kappa shape index (κ2) is 9.10. The van der Waals surface area contributed by atoms with Crippen LogP contribution in [0.4, 0.5) is 0 Å². The number of hydrogen-bond acceptors (Lipinski definition) is 4. The molecule has 1 rings (SSSR count). The summed E-state index contributed by atoms with van der Waals surface area (Å²) < 4.78 is 4.91. The summed E-state index contributed by atoms with van der Waals surface area (Å²) in [5.41, 5.74) is 1.38. The van der Waals surface area contributed by atoms with Gasteiger partial charge in [0.05, 0.1) is 13.0 Å². The maximum absolute atomic E-state index is 11.2. The molecule has 110 valence electrons. The molecule has 1 N–H and O–H groups in total. The van der Waals surface area contributed by atoms with E-state index in [-0.39, 0.29) is 5.97 Å². The maximum atomic E-state index is 11.2. The van der Waals surface area contributed by atoms with Crippen LogP contribution in [0.15, 0.2) is 11.6 Å². The number of nitrogens with one attached hydrogen (secondary N) is 1. The molecular formula is C15H28N2O2. The molecule has 0 saturated carbocycles. The zero-order chi connectivity index (χ0) is 14.1. The fourth-order valence-corrected chi connectivity index (χ4v) is 2.24. The Morgan fingerprint density at radius 3 is 2.63 bits per heavy atom. The molecule has 0 radical (unpaired) electrons. The number of carbonyl (C=O) groups is 1. The van der Waals surface area contributed by atoms with E-state index < -0.39 is 0 Å². The highest BCUT2D eigenvalue weighted by molar-refractivity contribution is 5.69. The van der Waals surface area contributed by atoms with Crippen molar-refractivity contribution in [1.29, 1.82) is 0 Å². The van der Waals surface area contributed by atoms with Gasteiger partial charge in [0.25, 0.3) is 0 Å². The lowest BCUT2D eigenvalue weighted by Crippen LogP contribution is -2.43. The highest BCUT2D eigenvalue weighted by atomic mass is 16.5. The van der Waals surface area contributed by atoms with E-state index in [4.69, 9.17) is 4.74 Å². The number of esters is 1. The first-order valence-corrected chi connectivity index (χ1v) is 7.36. The van der Waals surface area contributed by atoms with Crippen molar-refractivity contribution in [3.8, 4) is 0 Å². The zero-order valence-corrected chi connectivity index (χ0v) is 12.6. The monoisotopic (exact) mass is 268 g/mol. The lowest BCUT2D eigenvalue weighted by atomic mass is 10.0. The molecule has 1 fully saturated rings. The number of ether oxygens (including phenoxy) is 1. The summed E-state index contributed by atoms with van der Waals surface area (Å²) in [5, 5.41) is 3.45. The first-order chi connectivity index (χ1) is 9.11. The van der Waals surface area contributed by atoms with Crippen molar-refractivity contribution in [2.75, 3.05) is 32.8 Å². The van der Waals surface area contributed by atoms with Crippen molar-refractivity contribution in [3.05, 3.63) is 11.6 Å². The van der Waals surface area contributed by atoms with Crippen molar-refractivity contribution in [1.82, 2.24) is 10.2 Å². The highest BCUT2D eigenvalue weighted by Gasteiger charge is 2.17. The number of rotatable bonds is 7. The standard InChI is InChI=1S/C15H28N2O2/c1-4-19-15(18)5-9-16-14-7-11-17(12-8-14)10-6-13(2)3/h6,14,16H,4-5,7-12H2,1-3H3. The number of likely N-dealkylation sites (tertiary alicyclic amines) is 1. The number of carbonyl (C=O) groups excluding carboxylic acids is 1. The van der Waals surface area contributed by atoms with Gasteiger partial charge < -0.3 is 10.1 Å². The second-order valence-electron chi connectivity index (χ2n) is 5.37. The molecule has 0 aromatic carbocycles. The van der Waals surface area contributed by atoms with Crippen molar-refractivity contribution < 1.29 is 9.53 Å². The SMILES string of the molecule is CCOC(=O)CCNC1CCN(CC=C(C)C)CC1. The van der Waals surface area contributed by atoms with E-state index in [9.17, 15) is 4.79 Å². The Hall–Kier alpha value is -0.870. The average Bonchev–Trinajstić information content (AvgIpc) is 2.38. The second-order valence-corrected chi connectivity index (χ2v) is 5.37. The summed E-state index contributed by atoms with van der Waals surface area (Å²) in [5.74, 6) is -0.101. The molecule has 1 aliphatic rings. The quantitative estimate of drug-likeness (QED) is 0.566. The number of allylic oxidation sites excluding steroid dienone is 1. The molecule has 0 unspecified atom stereocenters. The molecule has 0 aromatic rings. The van der Waals surface area contributed by atoms with Crippen molar-refractivity contribution in [3.63, 3.8) is 0 Å². The van der Waals surface area contributed by atoms with Gasteiger partial charge in [0.2, 0.25) is 0 Å². The van der Waals surface area contributed by atoms with E-state index in [1.54, 1.807) is 0 Å². The predicted molar refractivity (Wildman–Crippen MR) is 78.1 cm³/mol. The molecule has 0 aromatic heterocycles. The van der Waals surface area contributed by atoms with E-state index in [0.717, 1.165) is 26.2 Å². The van der Waals surface area contributed by atoms with Crippen LogP contribution < -0.4 is 5.32 Å². The van der Waals surface area contributed by atoms with Gasteiger partial charge in [-0.3, -0.25) is 9.69 Å². The summed E-state index contributed by atoms with van der Waals surface area (Å²) in [7, 11) is 0. The minimum absolute atomic E-state index is 0.101. The predicted octanol–water partition coefficient (Wildman–Crippen LogP) is 1.96. The highest BCUT2D eigenvalue weighted by Crippen LogP contribution is 2.10. The molecule has 0 bridgehead atoms. The average molecular weight is 268 g/mol. The maximum Gasteiger partial charge on any atom is 0.307 e. The van der Waals surface area contributed by atoms with Gasteiger partial charge in [-0.25, -0.2) is 0 Å². The molecular weight excluding hydrogens is 240 g/mol. The molecule has 0 spiro atoms. The lowest BCUT2D eigenvalue weighted by molar-refractivity contribution is -0.143. The van der Waals surface area contributed by atoms with Crippen molar-refractivity contribution in [2.45, 2.75) is 46.1 Å². The molecule has 0 amide bonds. The van der Waals surface area contributed by atoms with Crippen LogP contribution in [0, 0.1) is 0 Å². The van der Waals surface area contributed by atoms with Crippen LogP contribution in [0.25, 0.3) is 0 Å². The van der Waals surface area contributed by atoms with Crippen LogP contribution in [0.3, 0.4) is 0 Å².